The van der Waals surface area contributed by atoms with E-state index in [4.69, 9.17) is 4.74 Å². The summed E-state index contributed by atoms with van der Waals surface area (Å²) in [5.41, 5.74) is 0.612. The number of hydrogen-bond acceptors (Lipinski definition) is 6. The van der Waals surface area contributed by atoms with Crippen LogP contribution in [0.1, 0.15) is 37.7 Å². The van der Waals surface area contributed by atoms with Gasteiger partial charge in [-0.1, -0.05) is 12.1 Å². The second-order valence-corrected chi connectivity index (χ2v) is 9.27. The van der Waals surface area contributed by atoms with Crippen molar-refractivity contribution in [1.29, 1.82) is 0 Å². The standard InChI is InChI=1S/C20H25N3O5S/c24-18(22-10-4-1-5-11-22)14-28-20(25)15-8-12-23(13-9-15)19-16-6-2-3-7-17(16)29(26,27)21-19/h2-3,6-7,15H,1,4-5,8-14H2. The molecule has 0 N–H and O–H groups in total. The predicted molar refractivity (Wildman–Crippen MR) is 106 cm³/mol. The second kappa shape index (κ2) is 8.14. The van der Waals surface area contributed by atoms with Gasteiger partial charge in [0.25, 0.3) is 15.9 Å². The van der Waals surface area contributed by atoms with Gasteiger partial charge in [-0.3, -0.25) is 9.59 Å². The van der Waals surface area contributed by atoms with Crippen LogP contribution in [0.2, 0.25) is 0 Å². The molecule has 3 heterocycles. The van der Waals surface area contributed by atoms with Gasteiger partial charge in [-0.25, -0.2) is 0 Å². The minimum absolute atomic E-state index is 0.127. The number of amidine groups is 1. The number of ether oxygens (including phenoxy) is 1. The number of likely N-dealkylation sites (tertiary alicyclic amines) is 2. The molecule has 3 aliphatic heterocycles. The first-order chi connectivity index (χ1) is 14.0. The zero-order valence-electron chi connectivity index (χ0n) is 16.2. The van der Waals surface area contributed by atoms with E-state index >= 15 is 0 Å². The van der Waals surface area contributed by atoms with Gasteiger partial charge in [-0.05, 0) is 44.2 Å². The minimum atomic E-state index is -3.65. The molecule has 29 heavy (non-hydrogen) atoms. The highest BCUT2D eigenvalue weighted by molar-refractivity contribution is 7.90. The Morgan fingerprint density at radius 2 is 1.72 bits per heavy atom. The summed E-state index contributed by atoms with van der Waals surface area (Å²) in [6.45, 7) is 2.31. The van der Waals surface area contributed by atoms with E-state index in [1.807, 2.05) is 4.90 Å². The number of amides is 1. The highest BCUT2D eigenvalue weighted by Crippen LogP contribution is 2.29. The number of piperidine rings is 2. The molecule has 0 unspecified atom stereocenters. The Balaban J connectivity index is 1.31. The van der Waals surface area contributed by atoms with Gasteiger partial charge in [-0.15, -0.1) is 4.40 Å². The minimum Gasteiger partial charge on any atom is -0.455 e. The zero-order valence-corrected chi connectivity index (χ0v) is 17.1. The Bertz CT molecular complexity index is 929. The van der Waals surface area contributed by atoms with Crippen LogP contribution >= 0.6 is 0 Å². The van der Waals surface area contributed by atoms with Crippen LogP contribution in [0.3, 0.4) is 0 Å². The van der Waals surface area contributed by atoms with Gasteiger partial charge in [-0.2, -0.15) is 8.42 Å². The number of carbonyl (C=O) groups excluding carboxylic acids is 2. The molecule has 2 fully saturated rings. The third-order valence-corrected chi connectivity index (χ3v) is 7.11. The largest absolute Gasteiger partial charge is 0.455 e. The maximum atomic E-state index is 12.4. The zero-order chi connectivity index (χ0) is 20.4. The van der Waals surface area contributed by atoms with Crippen LogP contribution in [0.5, 0.6) is 0 Å². The highest BCUT2D eigenvalue weighted by Gasteiger charge is 2.35. The SMILES string of the molecule is O=C(OCC(=O)N1CCCCC1)C1CCN(C2=NS(=O)(=O)c3ccccc32)CC1. The summed E-state index contributed by atoms with van der Waals surface area (Å²) in [6, 6.07) is 6.79. The first-order valence-electron chi connectivity index (χ1n) is 10.1. The monoisotopic (exact) mass is 419 g/mol. The molecule has 8 nitrogen and oxygen atoms in total. The van der Waals surface area contributed by atoms with E-state index in [0.717, 1.165) is 32.4 Å². The van der Waals surface area contributed by atoms with E-state index in [1.165, 1.54) is 0 Å². The molecule has 2 saturated heterocycles. The van der Waals surface area contributed by atoms with E-state index in [9.17, 15) is 18.0 Å². The van der Waals surface area contributed by atoms with Crippen molar-refractivity contribution in [3.63, 3.8) is 0 Å². The summed E-state index contributed by atoms with van der Waals surface area (Å²) in [7, 11) is -3.65. The van der Waals surface area contributed by atoms with E-state index in [0.29, 0.717) is 37.3 Å². The number of benzene rings is 1. The van der Waals surface area contributed by atoms with Crippen LogP contribution in [0.4, 0.5) is 0 Å². The Morgan fingerprint density at radius 3 is 2.45 bits per heavy atom. The lowest BCUT2D eigenvalue weighted by molar-refractivity contribution is -0.156. The van der Waals surface area contributed by atoms with Crippen molar-refractivity contribution in [1.82, 2.24) is 9.80 Å². The van der Waals surface area contributed by atoms with Crippen LogP contribution in [0.25, 0.3) is 0 Å². The van der Waals surface area contributed by atoms with Crippen LogP contribution < -0.4 is 0 Å². The summed E-state index contributed by atoms with van der Waals surface area (Å²) < 4.78 is 33.7. The smallest absolute Gasteiger partial charge is 0.309 e. The summed E-state index contributed by atoms with van der Waals surface area (Å²) in [5.74, 6) is -0.309. The summed E-state index contributed by atoms with van der Waals surface area (Å²) >= 11 is 0. The normalized spacial score (nSPS) is 21.4. The second-order valence-electron chi connectivity index (χ2n) is 7.70. The van der Waals surface area contributed by atoms with Crippen molar-refractivity contribution in [2.45, 2.75) is 37.0 Å². The average molecular weight is 420 g/mol. The number of nitrogens with zero attached hydrogens (tertiary/aromatic N) is 3. The van der Waals surface area contributed by atoms with Crippen LogP contribution in [-0.4, -0.2) is 68.7 Å². The maximum Gasteiger partial charge on any atom is 0.309 e. The molecule has 0 spiro atoms. The molecule has 0 bridgehead atoms. The van der Waals surface area contributed by atoms with Gasteiger partial charge < -0.3 is 14.5 Å². The Hall–Kier alpha value is -2.42. The summed E-state index contributed by atoms with van der Waals surface area (Å²) in [5, 5.41) is 0. The van der Waals surface area contributed by atoms with Crippen molar-refractivity contribution in [2.24, 2.45) is 10.3 Å². The highest BCUT2D eigenvalue weighted by atomic mass is 32.2. The van der Waals surface area contributed by atoms with Gasteiger partial charge in [0.2, 0.25) is 0 Å². The summed E-state index contributed by atoms with van der Waals surface area (Å²) in [6.07, 6.45) is 4.22. The third kappa shape index (κ3) is 4.14. The number of hydrogen-bond donors (Lipinski definition) is 0. The molecule has 1 aromatic rings. The molecule has 0 aromatic heterocycles. The number of sulfonamides is 1. The fourth-order valence-corrected chi connectivity index (χ4v) is 5.36. The van der Waals surface area contributed by atoms with Crippen LogP contribution in [0, 0.1) is 5.92 Å². The van der Waals surface area contributed by atoms with E-state index in [-0.39, 0.29) is 29.3 Å². The first kappa shape index (κ1) is 19.9. The molecule has 1 amide bonds. The predicted octanol–water partition coefficient (Wildman–Crippen LogP) is 1.40. The maximum absolute atomic E-state index is 12.4. The quantitative estimate of drug-likeness (QED) is 0.687. The lowest BCUT2D eigenvalue weighted by Crippen LogP contribution is -2.42. The lowest BCUT2D eigenvalue weighted by atomic mass is 9.96. The molecule has 4 rings (SSSR count). The average Bonchev–Trinajstić information content (AvgIpc) is 3.04. The number of esters is 1. The van der Waals surface area contributed by atoms with Gasteiger partial charge in [0, 0.05) is 31.7 Å². The third-order valence-electron chi connectivity index (χ3n) is 5.79. The Morgan fingerprint density at radius 1 is 1.03 bits per heavy atom. The molecular formula is C20H25N3O5S. The van der Waals surface area contributed by atoms with Crippen LogP contribution in [-0.2, 0) is 24.3 Å². The fraction of sp³-hybridized carbons (Fsp3) is 0.550. The topological polar surface area (TPSA) is 96.3 Å². The van der Waals surface area contributed by atoms with Crippen molar-refractivity contribution in [3.8, 4) is 0 Å². The van der Waals surface area contributed by atoms with Gasteiger partial charge >= 0.3 is 5.97 Å². The van der Waals surface area contributed by atoms with Crippen molar-refractivity contribution >= 4 is 27.7 Å². The molecule has 9 heteroatoms. The van der Waals surface area contributed by atoms with Gasteiger partial charge in [0.15, 0.2) is 12.4 Å². The molecule has 0 radical (unpaired) electrons. The van der Waals surface area contributed by atoms with E-state index < -0.39 is 10.0 Å². The Labute approximate surface area is 170 Å². The molecular weight excluding hydrogens is 394 g/mol. The molecule has 1 aromatic carbocycles. The fourth-order valence-electron chi connectivity index (χ4n) is 4.13. The van der Waals surface area contributed by atoms with Gasteiger partial charge in [0.1, 0.15) is 4.90 Å². The molecule has 0 saturated carbocycles. The van der Waals surface area contributed by atoms with Crippen molar-refractivity contribution in [2.75, 3.05) is 32.8 Å². The Kier molecular flexibility index (Phi) is 5.58. The summed E-state index contributed by atoms with van der Waals surface area (Å²) in [4.78, 5) is 28.4. The first-order valence-corrected chi connectivity index (χ1v) is 11.5. The van der Waals surface area contributed by atoms with E-state index in [2.05, 4.69) is 4.40 Å². The number of fused-ring (bicyclic) bond motifs is 1. The van der Waals surface area contributed by atoms with Crippen molar-refractivity contribution < 1.29 is 22.7 Å². The lowest BCUT2D eigenvalue weighted by Gasteiger charge is -2.32. The van der Waals surface area contributed by atoms with E-state index in [1.54, 1.807) is 29.2 Å². The van der Waals surface area contributed by atoms with Gasteiger partial charge in [0.05, 0.1) is 5.92 Å². The molecule has 156 valence electrons. The molecule has 0 aliphatic carbocycles. The van der Waals surface area contributed by atoms with Crippen LogP contribution in [0.15, 0.2) is 33.6 Å². The number of carbonyl (C=O) groups is 2. The number of rotatable bonds is 3. The molecule has 0 atom stereocenters. The van der Waals surface area contributed by atoms with Crippen molar-refractivity contribution in [3.05, 3.63) is 29.8 Å². The molecule has 3 aliphatic rings.